The Labute approximate surface area is 203 Å². The van der Waals surface area contributed by atoms with Gasteiger partial charge in [-0.2, -0.15) is 0 Å². The molecule has 186 valence electrons. The van der Waals surface area contributed by atoms with Gasteiger partial charge in [0.1, 0.15) is 29.6 Å². The van der Waals surface area contributed by atoms with E-state index >= 15 is 0 Å². The van der Waals surface area contributed by atoms with Crippen molar-refractivity contribution in [3.63, 3.8) is 0 Å². The van der Waals surface area contributed by atoms with Crippen molar-refractivity contribution >= 4 is 11.6 Å². The Balaban J connectivity index is 2.11. The zero-order valence-electron chi connectivity index (χ0n) is 20.0. The molecule has 9 nitrogen and oxygen atoms in total. The maximum atomic E-state index is 13.7. The summed E-state index contributed by atoms with van der Waals surface area (Å²) in [5, 5.41) is 0. The molecule has 9 heteroatoms. The van der Waals surface area contributed by atoms with Gasteiger partial charge >= 0.3 is 0 Å². The zero-order valence-corrected chi connectivity index (χ0v) is 20.0. The van der Waals surface area contributed by atoms with Gasteiger partial charge in [-0.15, -0.1) is 6.58 Å². The maximum Gasteiger partial charge on any atom is 0.201 e. The molecule has 2 aromatic carbocycles. The molecule has 0 aliphatic heterocycles. The van der Waals surface area contributed by atoms with Crippen LogP contribution in [0.25, 0.3) is 0 Å². The highest BCUT2D eigenvalue weighted by atomic mass is 16.7. The van der Waals surface area contributed by atoms with Crippen LogP contribution in [0.4, 0.5) is 0 Å². The van der Waals surface area contributed by atoms with Gasteiger partial charge in [-0.3, -0.25) is 9.59 Å². The van der Waals surface area contributed by atoms with E-state index in [9.17, 15) is 9.59 Å². The van der Waals surface area contributed by atoms with Gasteiger partial charge in [-0.1, -0.05) is 18.2 Å². The number of rotatable bonds is 14. The molecule has 0 unspecified atom stereocenters. The first-order valence-electron chi connectivity index (χ1n) is 10.7. The van der Waals surface area contributed by atoms with E-state index in [-0.39, 0.29) is 60.7 Å². The molecular formula is C26H28O9. The van der Waals surface area contributed by atoms with Gasteiger partial charge < -0.3 is 33.2 Å². The Kier molecular flexibility index (Phi) is 9.42. The number of allylic oxidation sites excluding steroid dienone is 2. The van der Waals surface area contributed by atoms with Gasteiger partial charge in [0.05, 0.1) is 11.1 Å². The molecule has 3 rings (SSSR count). The second kappa shape index (κ2) is 12.7. The Morgan fingerprint density at radius 1 is 0.686 bits per heavy atom. The van der Waals surface area contributed by atoms with Gasteiger partial charge in [0, 0.05) is 44.6 Å². The van der Waals surface area contributed by atoms with E-state index in [1.165, 1.54) is 39.5 Å². The van der Waals surface area contributed by atoms with Gasteiger partial charge in [0.15, 0.2) is 26.2 Å². The number of methoxy groups -OCH3 is 3. The van der Waals surface area contributed by atoms with Gasteiger partial charge in [-0.05, 0) is 18.6 Å². The molecule has 0 spiro atoms. The van der Waals surface area contributed by atoms with Crippen LogP contribution in [0, 0.1) is 0 Å². The van der Waals surface area contributed by atoms with E-state index in [0.29, 0.717) is 17.9 Å². The topological polar surface area (TPSA) is 98.8 Å². The molecule has 0 amide bonds. The van der Waals surface area contributed by atoms with Crippen LogP contribution in [0.15, 0.2) is 49.1 Å². The third-order valence-corrected chi connectivity index (χ3v) is 4.92. The summed E-state index contributed by atoms with van der Waals surface area (Å²) in [6.45, 7) is 3.63. The molecule has 35 heavy (non-hydrogen) atoms. The molecule has 0 saturated heterocycles. The van der Waals surface area contributed by atoms with Crippen molar-refractivity contribution in [2.24, 2.45) is 0 Å². The lowest BCUT2D eigenvalue weighted by Crippen LogP contribution is -2.24. The van der Waals surface area contributed by atoms with E-state index in [0.717, 1.165) is 0 Å². The molecule has 0 bridgehead atoms. The van der Waals surface area contributed by atoms with Crippen molar-refractivity contribution in [1.82, 2.24) is 0 Å². The normalized spacial score (nSPS) is 12.3. The number of carbonyl (C=O) groups is 2. The minimum atomic E-state index is -0.428. The summed E-state index contributed by atoms with van der Waals surface area (Å²) in [5.41, 5.74) is 0.491. The highest BCUT2D eigenvalue weighted by Gasteiger charge is 2.36. The predicted molar refractivity (Wildman–Crippen MR) is 127 cm³/mol. The summed E-state index contributed by atoms with van der Waals surface area (Å²) in [4.78, 5) is 27.3. The summed E-state index contributed by atoms with van der Waals surface area (Å²) in [6.07, 6.45) is 6.11. The van der Waals surface area contributed by atoms with E-state index < -0.39 is 11.6 Å². The highest BCUT2D eigenvalue weighted by molar-refractivity contribution is 6.30. The van der Waals surface area contributed by atoms with Crippen LogP contribution in [0.2, 0.25) is 0 Å². The number of carbonyl (C=O) groups excluding carboxylic acids is 2. The largest absolute Gasteiger partial charge is 0.489 e. The van der Waals surface area contributed by atoms with Crippen LogP contribution in [0.1, 0.15) is 38.3 Å². The first kappa shape index (κ1) is 26.0. The minimum absolute atomic E-state index is 0.0415. The Bertz CT molecular complexity index is 1100. The fourth-order valence-electron chi connectivity index (χ4n) is 3.45. The Hall–Kier alpha value is -3.66. The van der Waals surface area contributed by atoms with E-state index in [4.69, 9.17) is 33.2 Å². The molecule has 0 fully saturated rings. The lowest BCUT2D eigenvalue weighted by Gasteiger charge is -2.24. The molecule has 2 aromatic rings. The Morgan fingerprint density at radius 2 is 1.20 bits per heavy atom. The Morgan fingerprint density at radius 3 is 1.71 bits per heavy atom. The third-order valence-electron chi connectivity index (χ3n) is 4.92. The first-order chi connectivity index (χ1) is 17.0. The van der Waals surface area contributed by atoms with Gasteiger partial charge in [0.25, 0.3) is 0 Å². The molecule has 0 heterocycles. The monoisotopic (exact) mass is 484 g/mol. The standard InChI is InChI=1S/C26H28O9/c1-5-6-7-8-9-32-21-12-17(33-14-29-2)10-19-23(21)26(28)24-20(25(19)27)11-18(34-15-30-3)13-22(24)35-16-31-4/h5,7-8,10-13H,1,6,9,14-16H2,2-4H3/b8-7+. The van der Waals surface area contributed by atoms with Crippen LogP contribution < -0.4 is 18.9 Å². The van der Waals surface area contributed by atoms with Crippen molar-refractivity contribution in [2.75, 3.05) is 48.3 Å². The van der Waals surface area contributed by atoms with Crippen molar-refractivity contribution in [2.45, 2.75) is 6.42 Å². The molecule has 0 aromatic heterocycles. The predicted octanol–water partition coefficient (Wildman–Crippen LogP) is 3.92. The van der Waals surface area contributed by atoms with Gasteiger partial charge in [-0.25, -0.2) is 0 Å². The molecule has 0 saturated carbocycles. The number of ketones is 2. The summed E-state index contributed by atoms with van der Waals surface area (Å²) in [6, 6.07) is 6.05. The van der Waals surface area contributed by atoms with E-state index in [2.05, 4.69) is 6.58 Å². The molecule has 0 N–H and O–H groups in total. The molecule has 0 radical (unpaired) electrons. The van der Waals surface area contributed by atoms with E-state index in [1.54, 1.807) is 18.2 Å². The minimum Gasteiger partial charge on any atom is -0.489 e. The quantitative estimate of drug-likeness (QED) is 0.249. The molecule has 0 atom stereocenters. The fourth-order valence-corrected chi connectivity index (χ4v) is 3.45. The number of ether oxygens (including phenoxy) is 7. The lowest BCUT2D eigenvalue weighted by molar-refractivity contribution is 0.0453. The molecule has 1 aliphatic carbocycles. The smallest absolute Gasteiger partial charge is 0.201 e. The highest BCUT2D eigenvalue weighted by Crippen LogP contribution is 2.41. The summed E-state index contributed by atoms with van der Waals surface area (Å²) < 4.78 is 37.5. The number of hydrogen-bond donors (Lipinski definition) is 0. The second-order valence-corrected chi connectivity index (χ2v) is 7.31. The number of fused-ring (bicyclic) bond motifs is 2. The fraction of sp³-hybridized carbons (Fsp3) is 0.308. The third kappa shape index (κ3) is 6.07. The van der Waals surface area contributed by atoms with Crippen molar-refractivity contribution < 1.29 is 42.7 Å². The SMILES string of the molecule is C=CC/C=C/COc1cc(OCOC)cc2c1C(=O)c1c(OCOC)cc(OCOC)cc1C2=O. The summed E-state index contributed by atoms with van der Waals surface area (Å²) in [5.74, 6) is 0.145. The summed E-state index contributed by atoms with van der Waals surface area (Å²) in [7, 11) is 4.41. The average molecular weight is 485 g/mol. The number of benzene rings is 2. The van der Waals surface area contributed by atoms with Crippen LogP contribution in [-0.2, 0) is 14.2 Å². The van der Waals surface area contributed by atoms with Crippen LogP contribution in [-0.4, -0.2) is 59.9 Å². The number of hydrogen-bond acceptors (Lipinski definition) is 9. The maximum absolute atomic E-state index is 13.7. The summed E-state index contributed by atoms with van der Waals surface area (Å²) >= 11 is 0. The lowest BCUT2D eigenvalue weighted by atomic mass is 9.82. The van der Waals surface area contributed by atoms with Crippen LogP contribution in [0.5, 0.6) is 23.0 Å². The van der Waals surface area contributed by atoms with Crippen LogP contribution in [0.3, 0.4) is 0 Å². The zero-order chi connectivity index (χ0) is 25.2. The first-order valence-corrected chi connectivity index (χ1v) is 10.7. The second-order valence-electron chi connectivity index (χ2n) is 7.31. The van der Waals surface area contributed by atoms with Crippen LogP contribution >= 0.6 is 0 Å². The molecular weight excluding hydrogens is 456 g/mol. The van der Waals surface area contributed by atoms with Crippen molar-refractivity contribution in [1.29, 1.82) is 0 Å². The van der Waals surface area contributed by atoms with Crippen molar-refractivity contribution in [3.8, 4) is 23.0 Å². The molecule has 1 aliphatic rings. The van der Waals surface area contributed by atoms with Crippen molar-refractivity contribution in [3.05, 3.63) is 71.3 Å². The van der Waals surface area contributed by atoms with Gasteiger partial charge in [0.2, 0.25) is 5.78 Å². The average Bonchev–Trinajstić information content (AvgIpc) is 2.87. The van der Waals surface area contributed by atoms with E-state index in [1.807, 2.05) is 6.08 Å².